The predicted octanol–water partition coefficient (Wildman–Crippen LogP) is 3.53. The third-order valence-electron chi connectivity index (χ3n) is 1.91. The molecule has 0 aromatic carbocycles. The third-order valence-corrected chi connectivity index (χ3v) is 2.56. The summed E-state index contributed by atoms with van der Waals surface area (Å²) in [6, 6.07) is 0. The molecule has 0 spiro atoms. The summed E-state index contributed by atoms with van der Waals surface area (Å²) in [5.74, 6) is 0.0294. The van der Waals surface area contributed by atoms with Gasteiger partial charge < -0.3 is 8.48 Å². The molecule has 0 amide bonds. The molecular weight excluding hydrogens is 277 g/mol. The van der Waals surface area contributed by atoms with Crippen LogP contribution in [0.3, 0.4) is 0 Å². The van der Waals surface area contributed by atoms with E-state index in [1.807, 2.05) is 29.1 Å². The smallest absolute Gasteiger partial charge is 0.110 e. The van der Waals surface area contributed by atoms with Crippen LogP contribution in [0, 0.1) is 11.3 Å². The maximum absolute atomic E-state index is 7.17. The van der Waals surface area contributed by atoms with Crippen LogP contribution < -0.4 is 0 Å². The first kappa shape index (κ1) is 12.8. The van der Waals surface area contributed by atoms with Crippen molar-refractivity contribution < 1.29 is 3.07 Å². The summed E-state index contributed by atoms with van der Waals surface area (Å²) >= 11 is 1.89. The average Bonchev–Trinajstić information content (AvgIpc) is 2.17. The second kappa shape index (κ2) is 8.44. The fraction of sp³-hybridized carbons (Fsp3) is 0.500. The highest BCUT2D eigenvalue weighted by molar-refractivity contribution is 14.1. The summed E-state index contributed by atoms with van der Waals surface area (Å²) in [4.78, 5) is 0. The van der Waals surface area contributed by atoms with Gasteiger partial charge in [-0.05, 0) is 19.3 Å². The first-order chi connectivity index (χ1) is 6.29. The maximum Gasteiger partial charge on any atom is 0.110 e. The van der Waals surface area contributed by atoms with Crippen LogP contribution in [0.5, 0.6) is 0 Å². The number of unbranched alkanes of at least 4 members (excludes halogenated alkanes) is 1. The van der Waals surface area contributed by atoms with Crippen LogP contribution >= 0.6 is 23.0 Å². The maximum atomic E-state index is 7.17. The molecule has 2 nitrogen and oxygen atoms in total. The highest BCUT2D eigenvalue weighted by Crippen LogP contribution is 2.17. The van der Waals surface area contributed by atoms with Gasteiger partial charge in [0.1, 0.15) is 23.0 Å². The van der Waals surface area contributed by atoms with Gasteiger partial charge in [-0.2, -0.15) is 0 Å². The summed E-state index contributed by atoms with van der Waals surface area (Å²) in [5.41, 5.74) is 0. The molecule has 0 aromatic heterocycles. The molecule has 3 heteroatoms. The van der Waals surface area contributed by atoms with Gasteiger partial charge in [0.2, 0.25) is 0 Å². The average molecular weight is 293 g/mol. The summed E-state index contributed by atoms with van der Waals surface area (Å²) in [5, 5.41) is 7.17. The summed E-state index contributed by atoms with van der Waals surface area (Å²) in [7, 11) is 0. The van der Waals surface area contributed by atoms with Crippen molar-refractivity contribution in [2.45, 2.75) is 25.4 Å². The molecule has 0 aliphatic heterocycles. The van der Waals surface area contributed by atoms with Crippen LogP contribution in [-0.2, 0) is 3.07 Å². The van der Waals surface area contributed by atoms with E-state index in [4.69, 9.17) is 8.48 Å². The molecule has 0 radical (unpaired) electrons. The molecule has 0 rings (SSSR count). The molecule has 0 aliphatic rings. The van der Waals surface area contributed by atoms with E-state index in [0.29, 0.717) is 0 Å². The Morgan fingerprint density at radius 2 is 2.15 bits per heavy atom. The topological polar surface area (TPSA) is 33.1 Å². The van der Waals surface area contributed by atoms with Gasteiger partial charge in [-0.15, -0.1) is 13.2 Å². The van der Waals surface area contributed by atoms with Gasteiger partial charge in [-0.25, -0.2) is 0 Å². The standard InChI is InChI=1S/C10H16INO/c1-3-5-6-7-10(13-11)9(4-2)8-12/h3-4,8-10,12H,1-2,5-7H2/t9?,10-/m0/s1. The Kier molecular flexibility index (Phi) is 8.33. The lowest BCUT2D eigenvalue weighted by Gasteiger charge is -2.17. The molecule has 1 N–H and O–H groups in total. The number of hydrogen-bond donors (Lipinski definition) is 1. The number of nitrogens with one attached hydrogen (secondary N) is 1. The van der Waals surface area contributed by atoms with Crippen LogP contribution in [-0.4, -0.2) is 12.3 Å². The molecule has 0 saturated heterocycles. The molecule has 1 unspecified atom stereocenters. The Morgan fingerprint density at radius 3 is 2.54 bits per heavy atom. The zero-order chi connectivity index (χ0) is 10.1. The molecule has 0 aliphatic carbocycles. The van der Waals surface area contributed by atoms with Crippen molar-refractivity contribution in [2.24, 2.45) is 5.92 Å². The molecule has 2 atom stereocenters. The molecule has 0 heterocycles. The lowest BCUT2D eigenvalue weighted by molar-refractivity contribution is 0.240. The minimum absolute atomic E-state index is 0.0294. The highest BCUT2D eigenvalue weighted by Gasteiger charge is 2.15. The SMILES string of the molecule is C=CCCC[C@H](OI)C(C=C)C=N. The minimum atomic E-state index is 0.0294. The minimum Gasteiger partial charge on any atom is -0.312 e. The summed E-state index contributed by atoms with van der Waals surface area (Å²) in [6.07, 6.45) is 8.11. The van der Waals surface area contributed by atoms with Crippen molar-refractivity contribution in [3.63, 3.8) is 0 Å². The Bertz CT molecular complexity index is 162. The van der Waals surface area contributed by atoms with E-state index in [1.54, 1.807) is 6.08 Å². The fourth-order valence-corrected chi connectivity index (χ4v) is 1.68. The summed E-state index contributed by atoms with van der Waals surface area (Å²) < 4.78 is 5.25. The first-order valence-corrected chi connectivity index (χ1v) is 5.19. The Labute approximate surface area is 94.3 Å². The van der Waals surface area contributed by atoms with Crippen molar-refractivity contribution in [1.29, 1.82) is 5.41 Å². The van der Waals surface area contributed by atoms with Gasteiger partial charge in [-0.3, -0.25) is 0 Å². The fourth-order valence-electron chi connectivity index (χ4n) is 1.09. The van der Waals surface area contributed by atoms with E-state index in [2.05, 4.69) is 13.2 Å². The Morgan fingerprint density at radius 1 is 1.46 bits per heavy atom. The van der Waals surface area contributed by atoms with Crippen LogP contribution in [0.4, 0.5) is 0 Å². The zero-order valence-corrected chi connectivity index (χ0v) is 9.87. The molecular formula is C10H16INO. The van der Waals surface area contributed by atoms with Gasteiger partial charge in [0.25, 0.3) is 0 Å². The molecule has 0 aromatic rings. The Hall–Kier alpha value is -0.160. The normalized spacial score (nSPS) is 14.5. The van der Waals surface area contributed by atoms with E-state index in [1.165, 1.54) is 6.21 Å². The van der Waals surface area contributed by atoms with Crippen LogP contribution in [0.1, 0.15) is 19.3 Å². The molecule has 0 bridgehead atoms. The lowest BCUT2D eigenvalue weighted by atomic mass is 9.99. The second-order valence-corrected chi connectivity index (χ2v) is 3.34. The molecule has 0 saturated carbocycles. The van der Waals surface area contributed by atoms with Crippen molar-refractivity contribution >= 4 is 29.2 Å². The number of hydrogen-bond acceptors (Lipinski definition) is 2. The summed E-state index contributed by atoms with van der Waals surface area (Å²) in [6.45, 7) is 7.34. The Balaban J connectivity index is 3.91. The quantitative estimate of drug-likeness (QED) is 0.316. The third kappa shape index (κ3) is 5.21. The number of rotatable bonds is 8. The number of halogens is 1. The molecule has 13 heavy (non-hydrogen) atoms. The predicted molar refractivity (Wildman–Crippen MR) is 65.4 cm³/mol. The van der Waals surface area contributed by atoms with Crippen LogP contribution in [0.25, 0.3) is 0 Å². The second-order valence-electron chi connectivity index (χ2n) is 2.83. The zero-order valence-electron chi connectivity index (χ0n) is 7.71. The number of allylic oxidation sites excluding steroid dienone is 1. The van der Waals surface area contributed by atoms with Gasteiger partial charge in [0.15, 0.2) is 0 Å². The van der Waals surface area contributed by atoms with E-state index >= 15 is 0 Å². The first-order valence-electron chi connectivity index (χ1n) is 4.31. The van der Waals surface area contributed by atoms with Crippen LogP contribution in [0.2, 0.25) is 0 Å². The van der Waals surface area contributed by atoms with E-state index in [0.717, 1.165) is 19.3 Å². The van der Waals surface area contributed by atoms with Crippen molar-refractivity contribution in [2.75, 3.05) is 0 Å². The van der Waals surface area contributed by atoms with Crippen molar-refractivity contribution in [3.8, 4) is 0 Å². The highest BCUT2D eigenvalue weighted by atomic mass is 127. The van der Waals surface area contributed by atoms with Crippen molar-refractivity contribution in [1.82, 2.24) is 0 Å². The molecule has 74 valence electrons. The monoisotopic (exact) mass is 293 g/mol. The molecule has 0 fully saturated rings. The van der Waals surface area contributed by atoms with E-state index in [9.17, 15) is 0 Å². The van der Waals surface area contributed by atoms with E-state index < -0.39 is 0 Å². The van der Waals surface area contributed by atoms with Gasteiger partial charge in [-0.1, -0.05) is 12.2 Å². The van der Waals surface area contributed by atoms with E-state index in [-0.39, 0.29) is 12.0 Å². The van der Waals surface area contributed by atoms with Gasteiger partial charge in [0.05, 0.1) is 6.10 Å². The van der Waals surface area contributed by atoms with Gasteiger partial charge >= 0.3 is 0 Å². The largest absolute Gasteiger partial charge is 0.312 e. The lowest BCUT2D eigenvalue weighted by Crippen LogP contribution is -2.20. The van der Waals surface area contributed by atoms with Crippen LogP contribution in [0.15, 0.2) is 25.3 Å². The van der Waals surface area contributed by atoms with Gasteiger partial charge in [0, 0.05) is 12.1 Å². The van der Waals surface area contributed by atoms with Crippen molar-refractivity contribution in [3.05, 3.63) is 25.3 Å².